The van der Waals surface area contributed by atoms with Crippen molar-refractivity contribution < 1.29 is 19.1 Å². The fraction of sp³-hybridized carbons (Fsp3) is 0.267. The third-order valence-corrected chi connectivity index (χ3v) is 6.89. The van der Waals surface area contributed by atoms with Crippen LogP contribution in [0.4, 0.5) is 10.5 Å². The fourth-order valence-electron chi connectivity index (χ4n) is 4.99. The van der Waals surface area contributed by atoms with Crippen molar-refractivity contribution in [2.75, 3.05) is 5.32 Å². The number of nitrogens with zero attached hydrogens (tertiary/aromatic N) is 1. The highest BCUT2D eigenvalue weighted by atomic mass is 16.5. The number of ketones is 1. The van der Waals surface area contributed by atoms with Crippen LogP contribution in [0.2, 0.25) is 0 Å². The summed E-state index contributed by atoms with van der Waals surface area (Å²) >= 11 is 0. The van der Waals surface area contributed by atoms with E-state index in [0.717, 1.165) is 42.4 Å². The summed E-state index contributed by atoms with van der Waals surface area (Å²) in [6.45, 7) is 0.0534. The highest BCUT2D eigenvalue weighted by molar-refractivity contribution is 6.20. The number of rotatable bonds is 7. The van der Waals surface area contributed by atoms with Crippen molar-refractivity contribution in [2.24, 2.45) is 10.9 Å². The van der Waals surface area contributed by atoms with Crippen LogP contribution in [0.5, 0.6) is 0 Å². The molecule has 188 valence electrons. The van der Waals surface area contributed by atoms with Crippen molar-refractivity contribution in [3.05, 3.63) is 102 Å². The molecule has 0 aromatic heterocycles. The summed E-state index contributed by atoms with van der Waals surface area (Å²) in [7, 11) is 0. The Bertz CT molecular complexity index is 1300. The van der Waals surface area contributed by atoms with E-state index in [1.807, 2.05) is 84.9 Å². The minimum absolute atomic E-state index is 0.0534. The molecule has 37 heavy (non-hydrogen) atoms. The number of hydrogen-bond acceptors (Lipinski definition) is 5. The van der Waals surface area contributed by atoms with Gasteiger partial charge in [0.2, 0.25) is 0 Å². The van der Waals surface area contributed by atoms with Crippen LogP contribution < -0.4 is 10.6 Å². The molecule has 0 radical (unpaired) electrons. The molecule has 2 N–H and O–H groups in total. The maximum absolute atomic E-state index is 13.7. The average molecular weight is 496 g/mol. The standard InChI is InChI=1S/C30H29N3O4/c34-28(22-15-7-8-16-22)26(33-30(36)37-19-20-11-3-1-4-12-20)27-29(35)31-24-18-10-9-17-23(24)25(32-27)21-13-5-2-6-14-21/h1-6,9-14,17-18,22,26-27H,7-8,15-16,19H2,(H,31,35)(H,33,36). The third kappa shape index (κ3) is 5.61. The molecule has 2 atom stereocenters. The largest absolute Gasteiger partial charge is 0.445 e. The van der Waals surface area contributed by atoms with Gasteiger partial charge in [-0.3, -0.25) is 14.6 Å². The second kappa shape index (κ2) is 11.2. The van der Waals surface area contributed by atoms with Crippen LogP contribution in [0.15, 0.2) is 89.9 Å². The molecule has 3 aromatic rings. The highest BCUT2D eigenvalue weighted by Crippen LogP contribution is 2.30. The van der Waals surface area contributed by atoms with Crippen molar-refractivity contribution in [2.45, 2.75) is 44.4 Å². The van der Waals surface area contributed by atoms with E-state index in [9.17, 15) is 14.4 Å². The maximum atomic E-state index is 13.7. The molecule has 1 fully saturated rings. The molecule has 0 bridgehead atoms. The molecule has 2 aliphatic rings. The summed E-state index contributed by atoms with van der Waals surface area (Å²) in [4.78, 5) is 45.0. The Morgan fingerprint density at radius 3 is 2.30 bits per heavy atom. The minimum Gasteiger partial charge on any atom is -0.445 e. The van der Waals surface area contributed by atoms with Gasteiger partial charge >= 0.3 is 6.09 Å². The number of alkyl carbamates (subject to hydrolysis) is 1. The first kappa shape index (κ1) is 24.4. The molecule has 2 unspecified atom stereocenters. The molecule has 1 saturated carbocycles. The first-order valence-corrected chi connectivity index (χ1v) is 12.6. The van der Waals surface area contributed by atoms with E-state index in [4.69, 9.17) is 9.73 Å². The highest BCUT2D eigenvalue weighted by Gasteiger charge is 2.41. The monoisotopic (exact) mass is 495 g/mol. The van der Waals surface area contributed by atoms with Gasteiger partial charge in [0.1, 0.15) is 12.6 Å². The van der Waals surface area contributed by atoms with Crippen LogP contribution >= 0.6 is 0 Å². The zero-order valence-electron chi connectivity index (χ0n) is 20.4. The van der Waals surface area contributed by atoms with E-state index in [2.05, 4.69) is 10.6 Å². The van der Waals surface area contributed by atoms with E-state index in [0.29, 0.717) is 11.4 Å². The second-order valence-corrected chi connectivity index (χ2v) is 9.39. The first-order valence-electron chi connectivity index (χ1n) is 12.6. The molecular weight excluding hydrogens is 466 g/mol. The van der Waals surface area contributed by atoms with Crippen LogP contribution in [0.3, 0.4) is 0 Å². The van der Waals surface area contributed by atoms with Crippen molar-refractivity contribution in [1.29, 1.82) is 0 Å². The summed E-state index contributed by atoms with van der Waals surface area (Å²) in [6, 6.07) is 23.9. The Balaban J connectivity index is 1.49. The number of ether oxygens (including phenoxy) is 1. The minimum atomic E-state index is -1.15. The van der Waals surface area contributed by atoms with Crippen LogP contribution in [-0.2, 0) is 20.9 Å². The lowest BCUT2D eigenvalue weighted by Gasteiger charge is -2.25. The molecule has 1 aliphatic heterocycles. The summed E-state index contributed by atoms with van der Waals surface area (Å²) in [6.07, 6.45) is 2.61. The van der Waals surface area contributed by atoms with E-state index in [1.54, 1.807) is 0 Å². The molecule has 7 heteroatoms. The normalized spacial score (nSPS) is 18.1. The zero-order chi connectivity index (χ0) is 25.6. The van der Waals surface area contributed by atoms with Gasteiger partial charge in [-0.2, -0.15) is 0 Å². The molecule has 5 rings (SSSR count). The van der Waals surface area contributed by atoms with E-state index >= 15 is 0 Å². The van der Waals surface area contributed by atoms with Gasteiger partial charge in [-0.05, 0) is 24.5 Å². The summed E-state index contributed by atoms with van der Waals surface area (Å²) < 4.78 is 5.42. The number of nitrogens with one attached hydrogen (secondary N) is 2. The van der Waals surface area contributed by atoms with E-state index < -0.39 is 24.1 Å². The van der Waals surface area contributed by atoms with Gasteiger partial charge in [-0.25, -0.2) is 4.79 Å². The number of para-hydroxylation sites is 1. The number of carbonyl (C=O) groups excluding carboxylic acids is 3. The lowest BCUT2D eigenvalue weighted by molar-refractivity contribution is -0.128. The topological polar surface area (TPSA) is 96.9 Å². The molecule has 0 spiro atoms. The number of hydrogen-bond donors (Lipinski definition) is 2. The van der Waals surface area contributed by atoms with Crippen molar-refractivity contribution in [1.82, 2.24) is 5.32 Å². The number of benzodiazepines with no additional fused rings is 1. The molecule has 2 amide bonds. The predicted molar refractivity (Wildman–Crippen MR) is 141 cm³/mol. The van der Waals surface area contributed by atoms with Crippen molar-refractivity contribution in [3.63, 3.8) is 0 Å². The van der Waals surface area contributed by atoms with Gasteiger partial charge in [-0.15, -0.1) is 0 Å². The summed E-state index contributed by atoms with van der Waals surface area (Å²) in [5, 5.41) is 5.64. The Morgan fingerprint density at radius 2 is 1.57 bits per heavy atom. The van der Waals surface area contributed by atoms with E-state index in [1.165, 1.54) is 0 Å². The second-order valence-electron chi connectivity index (χ2n) is 9.39. The number of Topliss-reactive ketones (excluding diaryl/α,β-unsaturated/α-hetero) is 1. The van der Waals surface area contributed by atoms with E-state index in [-0.39, 0.29) is 18.3 Å². The first-order chi connectivity index (χ1) is 18.1. The van der Waals surface area contributed by atoms with Gasteiger partial charge in [0.15, 0.2) is 11.8 Å². The summed E-state index contributed by atoms with van der Waals surface area (Å²) in [5.41, 5.74) is 3.58. The molecule has 1 heterocycles. The van der Waals surface area contributed by atoms with Gasteiger partial charge in [0.05, 0.1) is 11.4 Å². The van der Waals surface area contributed by atoms with Crippen LogP contribution in [0.1, 0.15) is 42.4 Å². The SMILES string of the molecule is O=C(NC(C(=O)C1CCCC1)C1N=C(c2ccccc2)c2ccccc2NC1=O)OCc1ccccc1. The molecule has 1 aliphatic carbocycles. The van der Waals surface area contributed by atoms with Crippen molar-refractivity contribution in [3.8, 4) is 0 Å². The third-order valence-electron chi connectivity index (χ3n) is 6.89. The Labute approximate surface area is 216 Å². The lowest BCUT2D eigenvalue weighted by atomic mass is 9.91. The lowest BCUT2D eigenvalue weighted by Crippen LogP contribution is -2.54. The van der Waals surface area contributed by atoms with Gasteiger partial charge in [0, 0.05) is 17.0 Å². The predicted octanol–water partition coefficient (Wildman–Crippen LogP) is 4.90. The summed E-state index contributed by atoms with van der Waals surface area (Å²) in [5.74, 6) is -0.859. The Kier molecular flexibility index (Phi) is 7.40. The zero-order valence-corrected chi connectivity index (χ0v) is 20.4. The maximum Gasteiger partial charge on any atom is 0.408 e. The Morgan fingerprint density at radius 1 is 0.919 bits per heavy atom. The number of benzene rings is 3. The number of carbonyl (C=O) groups is 3. The quantitative estimate of drug-likeness (QED) is 0.487. The number of aliphatic imine (C=N–C) groups is 1. The smallest absolute Gasteiger partial charge is 0.408 e. The molecule has 3 aromatic carbocycles. The number of fused-ring (bicyclic) bond motifs is 1. The molecular formula is C30H29N3O4. The van der Waals surface area contributed by atoms with Crippen LogP contribution in [-0.4, -0.2) is 35.6 Å². The fourth-order valence-corrected chi connectivity index (χ4v) is 4.99. The molecule has 0 saturated heterocycles. The van der Waals surface area contributed by atoms with Crippen LogP contribution in [0.25, 0.3) is 0 Å². The molecule has 7 nitrogen and oxygen atoms in total. The average Bonchev–Trinajstić information content (AvgIpc) is 3.43. The van der Waals surface area contributed by atoms with Crippen LogP contribution in [0, 0.1) is 5.92 Å². The number of amides is 2. The number of anilines is 1. The van der Waals surface area contributed by atoms with Gasteiger partial charge < -0.3 is 15.4 Å². The van der Waals surface area contributed by atoms with Crippen molar-refractivity contribution >= 4 is 29.2 Å². The Hall–Kier alpha value is -4.26. The van der Waals surface area contributed by atoms with Gasteiger partial charge in [0.25, 0.3) is 5.91 Å². The van der Waals surface area contributed by atoms with Gasteiger partial charge in [-0.1, -0.05) is 91.7 Å².